The lowest BCUT2D eigenvalue weighted by Crippen LogP contribution is -2.48. The number of ether oxygens (including phenoxy) is 1. The van der Waals surface area contributed by atoms with E-state index in [1.807, 2.05) is 0 Å². The van der Waals surface area contributed by atoms with Gasteiger partial charge in [0, 0.05) is 5.56 Å². The molecule has 0 aliphatic carbocycles. The molecule has 1 aromatic carbocycles. The number of esters is 1. The van der Waals surface area contributed by atoms with Crippen LogP contribution in [0.3, 0.4) is 0 Å². The van der Waals surface area contributed by atoms with Crippen LogP contribution in [0.2, 0.25) is 0 Å². The topological polar surface area (TPSA) is 105 Å². The van der Waals surface area contributed by atoms with Crippen LogP contribution in [0.1, 0.15) is 55.3 Å². The van der Waals surface area contributed by atoms with E-state index in [0.717, 1.165) is 0 Å². The number of hydroxylamine groups is 1. The fraction of sp³-hybridized carbons (Fsp3) is 0.471. The van der Waals surface area contributed by atoms with Crippen LogP contribution < -0.4 is 10.8 Å². The Morgan fingerprint density at radius 3 is 1.96 bits per heavy atom. The number of rotatable bonds is 5. The quantitative estimate of drug-likeness (QED) is 0.433. The minimum Gasteiger partial charge on any atom is -0.456 e. The van der Waals surface area contributed by atoms with Crippen molar-refractivity contribution in [3.63, 3.8) is 0 Å². The molecule has 0 unspecified atom stereocenters. The van der Waals surface area contributed by atoms with E-state index in [2.05, 4.69) is 5.32 Å². The number of hydrogen-bond donors (Lipinski definition) is 3. The molecule has 0 saturated heterocycles. The Balaban J connectivity index is 2.83. The van der Waals surface area contributed by atoms with Crippen molar-refractivity contribution in [1.82, 2.24) is 10.8 Å². The van der Waals surface area contributed by atoms with Gasteiger partial charge in [0.05, 0.1) is 5.56 Å². The predicted octanol–water partition coefficient (Wildman–Crippen LogP) is 1.90. The van der Waals surface area contributed by atoms with Crippen LogP contribution >= 0.6 is 0 Å². The predicted molar refractivity (Wildman–Crippen MR) is 87.6 cm³/mol. The third kappa shape index (κ3) is 5.66. The molecule has 0 spiro atoms. The van der Waals surface area contributed by atoms with Gasteiger partial charge in [-0.1, -0.05) is 13.8 Å². The van der Waals surface area contributed by atoms with Gasteiger partial charge in [-0.2, -0.15) is 0 Å². The fourth-order valence-corrected chi connectivity index (χ4v) is 1.92. The monoisotopic (exact) mass is 336 g/mol. The highest BCUT2D eigenvalue weighted by molar-refractivity contribution is 5.98. The molecule has 7 nitrogen and oxygen atoms in total. The van der Waals surface area contributed by atoms with Gasteiger partial charge in [0.25, 0.3) is 11.8 Å². The highest BCUT2D eigenvalue weighted by atomic mass is 16.6. The van der Waals surface area contributed by atoms with Crippen molar-refractivity contribution in [3.05, 3.63) is 35.4 Å². The molecular formula is C17H24N2O5. The summed E-state index contributed by atoms with van der Waals surface area (Å²) in [6.45, 7) is 8.79. The summed E-state index contributed by atoms with van der Waals surface area (Å²) in [5, 5.41) is 11.3. The SMILES string of the molecule is CC(C)[C@H](NC(=O)c1ccc(C(=O)OC(C)(C)C)cc1)C(=O)NO. The van der Waals surface area contributed by atoms with Crippen LogP contribution in [0, 0.1) is 5.92 Å². The van der Waals surface area contributed by atoms with Gasteiger partial charge in [-0.3, -0.25) is 14.8 Å². The van der Waals surface area contributed by atoms with Crippen LogP contribution in [0.15, 0.2) is 24.3 Å². The summed E-state index contributed by atoms with van der Waals surface area (Å²) < 4.78 is 5.25. The van der Waals surface area contributed by atoms with Crippen LogP contribution in [0.25, 0.3) is 0 Å². The van der Waals surface area contributed by atoms with E-state index < -0.39 is 29.4 Å². The Morgan fingerprint density at radius 2 is 1.54 bits per heavy atom. The van der Waals surface area contributed by atoms with E-state index >= 15 is 0 Å². The van der Waals surface area contributed by atoms with Crippen molar-refractivity contribution >= 4 is 17.8 Å². The molecule has 0 aliphatic rings. The van der Waals surface area contributed by atoms with E-state index in [1.54, 1.807) is 34.6 Å². The fourth-order valence-electron chi connectivity index (χ4n) is 1.92. The molecule has 1 rings (SSSR count). The Kier molecular flexibility index (Phi) is 6.48. The minimum absolute atomic E-state index is 0.206. The van der Waals surface area contributed by atoms with E-state index in [1.165, 1.54) is 29.7 Å². The first-order valence-corrected chi connectivity index (χ1v) is 7.63. The smallest absolute Gasteiger partial charge is 0.338 e. The number of carbonyl (C=O) groups excluding carboxylic acids is 3. The molecule has 7 heteroatoms. The maximum Gasteiger partial charge on any atom is 0.338 e. The number of nitrogens with one attached hydrogen (secondary N) is 2. The van der Waals surface area contributed by atoms with Crippen molar-refractivity contribution in [3.8, 4) is 0 Å². The number of amides is 2. The zero-order valence-corrected chi connectivity index (χ0v) is 14.5. The summed E-state index contributed by atoms with van der Waals surface area (Å²) in [7, 11) is 0. The van der Waals surface area contributed by atoms with Crippen molar-refractivity contribution in [2.24, 2.45) is 5.92 Å². The number of hydrogen-bond acceptors (Lipinski definition) is 5. The highest BCUT2D eigenvalue weighted by Gasteiger charge is 2.24. The van der Waals surface area contributed by atoms with Gasteiger partial charge >= 0.3 is 5.97 Å². The first-order chi connectivity index (χ1) is 11.0. The van der Waals surface area contributed by atoms with Gasteiger partial charge < -0.3 is 10.1 Å². The molecule has 1 aromatic rings. The molecule has 3 N–H and O–H groups in total. The van der Waals surface area contributed by atoms with Gasteiger partial charge in [0.1, 0.15) is 11.6 Å². The zero-order valence-electron chi connectivity index (χ0n) is 14.5. The lowest BCUT2D eigenvalue weighted by molar-refractivity contribution is -0.132. The number of carbonyl (C=O) groups is 3. The average Bonchev–Trinajstić information content (AvgIpc) is 2.49. The highest BCUT2D eigenvalue weighted by Crippen LogP contribution is 2.13. The summed E-state index contributed by atoms with van der Waals surface area (Å²) in [6.07, 6.45) is 0. The Hall–Kier alpha value is -2.41. The Labute approximate surface area is 141 Å². The molecule has 0 aliphatic heterocycles. The molecule has 0 aromatic heterocycles. The van der Waals surface area contributed by atoms with Crippen LogP contribution in [-0.2, 0) is 9.53 Å². The molecule has 0 bridgehead atoms. The Morgan fingerprint density at radius 1 is 1.04 bits per heavy atom. The second kappa shape index (κ2) is 7.92. The second-order valence-electron chi connectivity index (χ2n) is 6.75. The van der Waals surface area contributed by atoms with Crippen molar-refractivity contribution < 1.29 is 24.3 Å². The largest absolute Gasteiger partial charge is 0.456 e. The van der Waals surface area contributed by atoms with Crippen LogP contribution in [0.4, 0.5) is 0 Å². The number of benzene rings is 1. The average molecular weight is 336 g/mol. The van der Waals surface area contributed by atoms with Gasteiger partial charge in [0.15, 0.2) is 0 Å². The van der Waals surface area contributed by atoms with Gasteiger partial charge in [-0.15, -0.1) is 0 Å². The molecule has 0 saturated carbocycles. The molecular weight excluding hydrogens is 312 g/mol. The molecule has 1 atom stereocenters. The molecule has 2 amide bonds. The maximum absolute atomic E-state index is 12.2. The third-order valence-corrected chi connectivity index (χ3v) is 3.13. The molecule has 0 fully saturated rings. The van der Waals surface area contributed by atoms with E-state index in [0.29, 0.717) is 11.1 Å². The van der Waals surface area contributed by atoms with Gasteiger partial charge in [-0.25, -0.2) is 10.3 Å². The standard InChI is InChI=1S/C17H24N2O5/c1-10(2)13(15(21)19-23)18-14(20)11-6-8-12(9-7-11)16(22)24-17(3,4)5/h6-10,13,23H,1-5H3,(H,18,20)(H,19,21)/t13-/m0/s1. The first kappa shape index (κ1) is 19.6. The Bertz CT molecular complexity index is 602. The summed E-state index contributed by atoms with van der Waals surface area (Å²) in [4.78, 5) is 35.7. The minimum atomic E-state index is -0.868. The van der Waals surface area contributed by atoms with Crippen LogP contribution in [0.5, 0.6) is 0 Å². The van der Waals surface area contributed by atoms with Crippen molar-refractivity contribution in [2.75, 3.05) is 0 Å². The van der Waals surface area contributed by atoms with E-state index in [9.17, 15) is 14.4 Å². The molecule has 0 heterocycles. The molecule has 0 radical (unpaired) electrons. The second-order valence-corrected chi connectivity index (χ2v) is 6.75. The summed E-state index contributed by atoms with van der Waals surface area (Å²) in [5.74, 6) is -1.85. The van der Waals surface area contributed by atoms with Crippen molar-refractivity contribution in [1.29, 1.82) is 0 Å². The normalized spacial score (nSPS) is 12.5. The molecule has 24 heavy (non-hydrogen) atoms. The summed E-state index contributed by atoms with van der Waals surface area (Å²) >= 11 is 0. The third-order valence-electron chi connectivity index (χ3n) is 3.13. The summed E-state index contributed by atoms with van der Waals surface area (Å²) in [5.41, 5.74) is 1.55. The first-order valence-electron chi connectivity index (χ1n) is 7.63. The van der Waals surface area contributed by atoms with Gasteiger partial charge in [-0.05, 0) is 51.0 Å². The lowest BCUT2D eigenvalue weighted by atomic mass is 10.0. The molecule has 132 valence electrons. The lowest BCUT2D eigenvalue weighted by Gasteiger charge is -2.20. The van der Waals surface area contributed by atoms with Crippen molar-refractivity contribution in [2.45, 2.75) is 46.3 Å². The summed E-state index contributed by atoms with van der Waals surface area (Å²) in [6, 6.07) is 5.05. The van der Waals surface area contributed by atoms with E-state index in [4.69, 9.17) is 9.94 Å². The maximum atomic E-state index is 12.2. The van der Waals surface area contributed by atoms with E-state index in [-0.39, 0.29) is 5.92 Å². The zero-order chi connectivity index (χ0) is 18.5. The van der Waals surface area contributed by atoms with Gasteiger partial charge in [0.2, 0.25) is 0 Å². The van der Waals surface area contributed by atoms with Crippen LogP contribution in [-0.4, -0.2) is 34.6 Å².